The number of amides is 2. The van der Waals surface area contributed by atoms with Gasteiger partial charge in [0.1, 0.15) is 0 Å². The third-order valence-corrected chi connectivity index (χ3v) is 6.53. The van der Waals surface area contributed by atoms with Gasteiger partial charge in [-0.1, -0.05) is 36.4 Å². The highest BCUT2D eigenvalue weighted by atomic mass is 16.6. The molecular weight excluding hydrogens is 438 g/mol. The van der Waals surface area contributed by atoms with Crippen LogP contribution in [0, 0.1) is 10.1 Å². The Morgan fingerprint density at radius 3 is 2.35 bits per heavy atom. The summed E-state index contributed by atoms with van der Waals surface area (Å²) >= 11 is 0. The number of nitrogens with zero attached hydrogens (tertiary/aromatic N) is 5. The van der Waals surface area contributed by atoms with Crippen LogP contribution in [0.15, 0.2) is 65.3 Å². The van der Waals surface area contributed by atoms with Crippen LogP contribution in [-0.2, 0) is 6.42 Å². The molecule has 2 aliphatic heterocycles. The molecule has 0 N–H and O–H groups in total. The quantitative estimate of drug-likeness (QED) is 0.260. The SMILES string of the molecule is O=C1c2ccccc2C(=O)N1CC1c2ccccc2CCN1c1ccc([N+](=O)[O-])c2nonc12. The smallest absolute Gasteiger partial charge is 0.300 e. The minimum atomic E-state index is -0.530. The summed E-state index contributed by atoms with van der Waals surface area (Å²) < 4.78 is 4.85. The Morgan fingerprint density at radius 1 is 0.941 bits per heavy atom. The molecule has 10 nitrogen and oxygen atoms in total. The van der Waals surface area contributed by atoms with Crippen molar-refractivity contribution in [2.75, 3.05) is 18.0 Å². The lowest BCUT2D eigenvalue weighted by Crippen LogP contribution is -2.44. The third-order valence-electron chi connectivity index (χ3n) is 6.53. The summed E-state index contributed by atoms with van der Waals surface area (Å²) in [5.41, 5.74) is 3.60. The third kappa shape index (κ3) is 2.88. The number of carbonyl (C=O) groups excluding carboxylic acids is 2. The van der Waals surface area contributed by atoms with Crippen molar-refractivity contribution in [1.82, 2.24) is 15.2 Å². The number of aromatic nitrogens is 2. The van der Waals surface area contributed by atoms with Gasteiger partial charge in [-0.3, -0.25) is 24.6 Å². The van der Waals surface area contributed by atoms with Gasteiger partial charge < -0.3 is 4.90 Å². The van der Waals surface area contributed by atoms with E-state index in [1.807, 2.05) is 29.2 Å². The van der Waals surface area contributed by atoms with E-state index in [4.69, 9.17) is 4.63 Å². The molecule has 1 atom stereocenters. The number of carbonyl (C=O) groups is 2. The molecule has 3 aromatic carbocycles. The molecule has 1 aromatic heterocycles. The lowest BCUT2D eigenvalue weighted by Gasteiger charge is -2.40. The number of non-ortho nitro benzene ring substituents is 1. The Morgan fingerprint density at radius 2 is 1.62 bits per heavy atom. The standard InChI is InChI=1S/C24H17N5O5/c30-23-16-7-3-4-8-17(16)24(31)28(23)13-20-15-6-2-1-5-14(15)11-12-27(20)18-9-10-19(29(32)33)22-21(18)25-34-26-22/h1-10,20H,11-13H2. The van der Waals surface area contributed by atoms with Crippen molar-refractivity contribution < 1.29 is 19.1 Å². The molecule has 2 amide bonds. The second kappa shape index (κ2) is 7.48. The van der Waals surface area contributed by atoms with Gasteiger partial charge in [0.25, 0.3) is 11.8 Å². The molecular formula is C24H17N5O5. The van der Waals surface area contributed by atoms with Gasteiger partial charge in [-0.25, -0.2) is 4.63 Å². The number of anilines is 1. The predicted octanol–water partition coefficient (Wildman–Crippen LogP) is 3.53. The van der Waals surface area contributed by atoms with E-state index >= 15 is 0 Å². The Hall–Kier alpha value is -4.60. The van der Waals surface area contributed by atoms with E-state index in [1.165, 1.54) is 11.0 Å². The molecule has 0 fully saturated rings. The predicted molar refractivity (Wildman–Crippen MR) is 121 cm³/mol. The molecule has 168 valence electrons. The highest BCUT2D eigenvalue weighted by Gasteiger charge is 2.40. The molecule has 4 aromatic rings. The van der Waals surface area contributed by atoms with Crippen molar-refractivity contribution in [2.45, 2.75) is 12.5 Å². The summed E-state index contributed by atoms with van der Waals surface area (Å²) in [6.07, 6.45) is 0.721. The molecule has 0 radical (unpaired) electrons. The number of hydrogen-bond donors (Lipinski definition) is 0. The van der Waals surface area contributed by atoms with Crippen LogP contribution >= 0.6 is 0 Å². The lowest BCUT2D eigenvalue weighted by molar-refractivity contribution is -0.383. The zero-order valence-corrected chi connectivity index (χ0v) is 17.7. The Balaban J connectivity index is 1.45. The monoisotopic (exact) mass is 455 g/mol. The fourth-order valence-corrected chi connectivity index (χ4v) is 4.93. The molecule has 1 unspecified atom stereocenters. The van der Waals surface area contributed by atoms with E-state index in [1.54, 1.807) is 30.3 Å². The lowest BCUT2D eigenvalue weighted by atomic mass is 9.91. The normalized spacial score (nSPS) is 17.2. The maximum Gasteiger partial charge on any atom is 0.300 e. The van der Waals surface area contributed by atoms with E-state index in [9.17, 15) is 19.7 Å². The van der Waals surface area contributed by atoms with Crippen molar-refractivity contribution in [3.63, 3.8) is 0 Å². The maximum absolute atomic E-state index is 13.1. The fourth-order valence-electron chi connectivity index (χ4n) is 4.93. The first kappa shape index (κ1) is 20.0. The van der Waals surface area contributed by atoms with E-state index in [0.717, 1.165) is 17.5 Å². The molecule has 34 heavy (non-hydrogen) atoms. The average Bonchev–Trinajstić information content (AvgIpc) is 3.43. The van der Waals surface area contributed by atoms with Gasteiger partial charge in [-0.15, -0.1) is 0 Å². The molecule has 0 saturated carbocycles. The average molecular weight is 455 g/mol. The Labute approximate surface area is 192 Å². The first-order valence-corrected chi connectivity index (χ1v) is 10.7. The molecule has 2 aliphatic rings. The van der Waals surface area contributed by atoms with E-state index < -0.39 is 4.92 Å². The Bertz CT molecular complexity index is 1460. The number of fused-ring (bicyclic) bond motifs is 3. The minimum absolute atomic E-state index is 0.0563. The fraction of sp³-hybridized carbons (Fsp3) is 0.167. The van der Waals surface area contributed by atoms with Gasteiger partial charge in [0.2, 0.25) is 5.52 Å². The van der Waals surface area contributed by atoms with Crippen molar-refractivity contribution in [3.05, 3.63) is 93.0 Å². The number of rotatable bonds is 4. The van der Waals surface area contributed by atoms with Crippen molar-refractivity contribution >= 4 is 34.2 Å². The summed E-state index contributed by atoms with van der Waals surface area (Å²) in [7, 11) is 0. The van der Waals surface area contributed by atoms with Crippen molar-refractivity contribution in [1.29, 1.82) is 0 Å². The van der Waals surface area contributed by atoms with Gasteiger partial charge in [0.15, 0.2) is 5.52 Å². The number of hydrogen-bond acceptors (Lipinski definition) is 8. The second-order valence-electron chi connectivity index (χ2n) is 8.25. The second-order valence-corrected chi connectivity index (χ2v) is 8.25. The van der Waals surface area contributed by atoms with E-state index in [0.29, 0.717) is 23.4 Å². The molecule has 10 heteroatoms. The molecule has 3 heterocycles. The Kier molecular flexibility index (Phi) is 4.41. The topological polar surface area (TPSA) is 123 Å². The van der Waals surface area contributed by atoms with Crippen LogP contribution in [0.2, 0.25) is 0 Å². The largest absolute Gasteiger partial charge is 0.360 e. The van der Waals surface area contributed by atoms with Crippen LogP contribution in [0.25, 0.3) is 11.0 Å². The van der Waals surface area contributed by atoms with Gasteiger partial charge >= 0.3 is 5.69 Å². The summed E-state index contributed by atoms with van der Waals surface area (Å²) in [6, 6.07) is 17.3. The van der Waals surface area contributed by atoms with Crippen LogP contribution in [0.3, 0.4) is 0 Å². The van der Waals surface area contributed by atoms with Gasteiger partial charge in [-0.2, -0.15) is 0 Å². The van der Waals surface area contributed by atoms with Crippen LogP contribution in [0.4, 0.5) is 11.4 Å². The number of nitro groups is 1. The van der Waals surface area contributed by atoms with Crippen LogP contribution in [-0.4, -0.2) is 45.0 Å². The maximum atomic E-state index is 13.1. The number of imide groups is 1. The first-order valence-electron chi connectivity index (χ1n) is 10.7. The zero-order valence-electron chi connectivity index (χ0n) is 17.7. The highest BCUT2D eigenvalue weighted by Crippen LogP contribution is 2.40. The summed E-state index contributed by atoms with van der Waals surface area (Å²) in [4.78, 5) is 40.4. The van der Waals surface area contributed by atoms with Gasteiger partial charge in [0, 0.05) is 12.6 Å². The summed E-state index contributed by atoms with van der Waals surface area (Å²) in [5, 5.41) is 19.1. The van der Waals surface area contributed by atoms with Crippen molar-refractivity contribution in [3.8, 4) is 0 Å². The molecule has 0 saturated heterocycles. The van der Waals surface area contributed by atoms with E-state index in [2.05, 4.69) is 10.3 Å². The van der Waals surface area contributed by atoms with E-state index in [-0.39, 0.29) is 41.1 Å². The van der Waals surface area contributed by atoms with Crippen LogP contribution in [0.5, 0.6) is 0 Å². The highest BCUT2D eigenvalue weighted by molar-refractivity contribution is 6.21. The van der Waals surface area contributed by atoms with Gasteiger partial charge in [0.05, 0.1) is 34.3 Å². The summed E-state index contributed by atoms with van der Waals surface area (Å²) in [5.74, 6) is -0.666. The van der Waals surface area contributed by atoms with Crippen molar-refractivity contribution in [2.24, 2.45) is 0 Å². The molecule has 0 aliphatic carbocycles. The first-order chi connectivity index (χ1) is 16.5. The van der Waals surface area contributed by atoms with Crippen LogP contribution < -0.4 is 4.90 Å². The number of benzene rings is 3. The van der Waals surface area contributed by atoms with Crippen LogP contribution in [0.1, 0.15) is 37.9 Å². The van der Waals surface area contributed by atoms with Gasteiger partial charge in [-0.05, 0) is 46.1 Å². The summed E-state index contributed by atoms with van der Waals surface area (Å²) in [6.45, 7) is 0.678. The molecule has 0 bridgehead atoms. The zero-order chi connectivity index (χ0) is 23.4. The molecule has 0 spiro atoms. The minimum Gasteiger partial charge on any atom is -0.360 e. The molecule has 6 rings (SSSR count). The number of nitro benzene ring substituents is 1.